The molecule has 0 aliphatic carbocycles. The number of rotatable bonds is 6. The number of carbonyl (C=O) groups is 1. The van der Waals surface area contributed by atoms with E-state index in [-0.39, 0.29) is 6.04 Å². The minimum atomic E-state index is -0.769. The Morgan fingerprint density at radius 1 is 1.18 bits per heavy atom. The Kier molecular flexibility index (Phi) is 6.62. The number of carboxylic acids is 1. The summed E-state index contributed by atoms with van der Waals surface area (Å²) in [5, 5.41) is 9.86. The maximum Gasteiger partial charge on any atom is 0.320 e. The number of ether oxygens (including phenoxy) is 2. The lowest BCUT2D eigenvalue weighted by Gasteiger charge is -2.40. The normalized spacial score (nSPS) is 18.5. The van der Waals surface area contributed by atoms with Crippen LogP contribution in [0.4, 0.5) is 0 Å². The quantitative estimate of drug-likeness (QED) is 0.688. The number of piperidine rings is 1. The van der Waals surface area contributed by atoms with Crippen LogP contribution >= 0.6 is 15.9 Å². The van der Waals surface area contributed by atoms with Gasteiger partial charge >= 0.3 is 5.97 Å². The Hall–Kier alpha value is -2.05. The Morgan fingerprint density at radius 2 is 1.89 bits per heavy atom. The van der Waals surface area contributed by atoms with Crippen LogP contribution in [0, 0.1) is 6.92 Å². The average Bonchev–Trinajstić information content (AvgIpc) is 2.69. The van der Waals surface area contributed by atoms with E-state index in [1.165, 1.54) is 0 Å². The highest BCUT2D eigenvalue weighted by Crippen LogP contribution is 2.42. The molecule has 0 saturated carbocycles. The fourth-order valence-electron chi connectivity index (χ4n) is 4.00. The van der Waals surface area contributed by atoms with Crippen LogP contribution in [0.3, 0.4) is 0 Å². The van der Waals surface area contributed by atoms with Gasteiger partial charge in [0.2, 0.25) is 0 Å². The molecule has 3 rings (SSSR count). The molecule has 28 heavy (non-hydrogen) atoms. The zero-order valence-electron chi connectivity index (χ0n) is 16.4. The molecule has 1 aliphatic rings. The van der Waals surface area contributed by atoms with Crippen LogP contribution < -0.4 is 9.47 Å². The number of hydrogen-bond donors (Lipinski definition) is 1. The summed E-state index contributed by atoms with van der Waals surface area (Å²) in [5.74, 6) is 0.491. The number of benzene rings is 2. The lowest BCUT2D eigenvalue weighted by molar-refractivity contribution is -0.145. The summed E-state index contributed by atoms with van der Waals surface area (Å²) in [6.07, 6.45) is 2.57. The van der Waals surface area contributed by atoms with Gasteiger partial charge in [-0.25, -0.2) is 0 Å². The van der Waals surface area contributed by atoms with Gasteiger partial charge in [-0.3, -0.25) is 9.69 Å². The van der Waals surface area contributed by atoms with E-state index < -0.39 is 12.0 Å². The molecule has 1 heterocycles. The molecule has 1 saturated heterocycles. The molecule has 0 radical (unpaired) electrons. The van der Waals surface area contributed by atoms with Crippen LogP contribution in [0.2, 0.25) is 0 Å². The summed E-state index contributed by atoms with van der Waals surface area (Å²) in [7, 11) is 3.21. The van der Waals surface area contributed by atoms with Crippen LogP contribution in [-0.4, -0.2) is 42.8 Å². The van der Waals surface area contributed by atoms with E-state index in [0.717, 1.165) is 40.5 Å². The van der Waals surface area contributed by atoms with Crippen molar-refractivity contribution in [3.8, 4) is 11.5 Å². The highest BCUT2D eigenvalue weighted by atomic mass is 79.9. The third-order valence-electron chi connectivity index (χ3n) is 5.32. The number of aryl methyl sites for hydroxylation is 1. The van der Waals surface area contributed by atoms with Gasteiger partial charge < -0.3 is 14.6 Å². The van der Waals surface area contributed by atoms with Crippen molar-refractivity contribution in [1.29, 1.82) is 0 Å². The Morgan fingerprint density at radius 3 is 2.54 bits per heavy atom. The number of carboxylic acid groups (broad SMARTS) is 1. The zero-order chi connectivity index (χ0) is 20.3. The van der Waals surface area contributed by atoms with Crippen LogP contribution in [0.1, 0.15) is 42.0 Å². The highest BCUT2D eigenvalue weighted by molar-refractivity contribution is 9.10. The number of nitrogens with zero attached hydrogens (tertiary/aromatic N) is 1. The van der Waals surface area contributed by atoms with E-state index in [1.54, 1.807) is 14.2 Å². The molecule has 1 N–H and O–H groups in total. The van der Waals surface area contributed by atoms with Crippen LogP contribution in [0.15, 0.2) is 40.9 Å². The van der Waals surface area contributed by atoms with Gasteiger partial charge in [0, 0.05) is 4.47 Å². The molecule has 0 amide bonds. The van der Waals surface area contributed by atoms with Gasteiger partial charge in [-0.2, -0.15) is 0 Å². The third kappa shape index (κ3) is 4.18. The van der Waals surface area contributed by atoms with Crippen LogP contribution in [-0.2, 0) is 4.79 Å². The fourth-order valence-corrected chi connectivity index (χ4v) is 4.54. The van der Waals surface area contributed by atoms with Crippen LogP contribution in [0.5, 0.6) is 11.5 Å². The van der Waals surface area contributed by atoms with Crippen molar-refractivity contribution >= 4 is 21.9 Å². The molecule has 2 unspecified atom stereocenters. The Bertz CT molecular complexity index is 854. The molecule has 0 spiro atoms. The summed E-state index contributed by atoms with van der Waals surface area (Å²) >= 11 is 3.68. The Balaban J connectivity index is 2.18. The smallest absolute Gasteiger partial charge is 0.320 e. The SMILES string of the molecule is COc1cc(Br)c(C(c2cccc(C)c2)N2CCCCC2C(=O)O)cc1OC. The minimum absolute atomic E-state index is 0.199. The minimum Gasteiger partial charge on any atom is -0.493 e. The second kappa shape index (κ2) is 8.97. The number of hydrogen-bond acceptors (Lipinski definition) is 4. The van der Waals surface area contributed by atoms with Crippen molar-refractivity contribution in [2.24, 2.45) is 0 Å². The topological polar surface area (TPSA) is 59.0 Å². The predicted octanol–water partition coefficient (Wildman–Crippen LogP) is 4.80. The van der Waals surface area contributed by atoms with Crippen molar-refractivity contribution in [1.82, 2.24) is 4.90 Å². The average molecular weight is 448 g/mol. The number of methoxy groups -OCH3 is 2. The molecule has 5 nitrogen and oxygen atoms in total. The Labute approximate surface area is 174 Å². The van der Waals surface area contributed by atoms with Crippen molar-refractivity contribution in [3.63, 3.8) is 0 Å². The highest BCUT2D eigenvalue weighted by Gasteiger charge is 2.36. The van der Waals surface area contributed by atoms with Gasteiger partial charge in [0.15, 0.2) is 11.5 Å². The predicted molar refractivity (Wildman–Crippen MR) is 112 cm³/mol. The molecule has 2 aromatic carbocycles. The largest absolute Gasteiger partial charge is 0.493 e. The van der Waals surface area contributed by atoms with Crippen molar-refractivity contribution < 1.29 is 19.4 Å². The van der Waals surface area contributed by atoms with E-state index in [4.69, 9.17) is 9.47 Å². The number of aliphatic carboxylic acids is 1. The summed E-state index contributed by atoms with van der Waals surface area (Å²) in [4.78, 5) is 14.1. The molecule has 2 atom stereocenters. The van der Waals surface area contributed by atoms with E-state index in [0.29, 0.717) is 17.9 Å². The molecule has 0 aromatic heterocycles. The molecule has 1 aliphatic heterocycles. The molecular weight excluding hydrogens is 422 g/mol. The molecule has 2 aromatic rings. The summed E-state index contributed by atoms with van der Waals surface area (Å²) < 4.78 is 11.8. The molecule has 1 fully saturated rings. The summed E-state index contributed by atoms with van der Waals surface area (Å²) in [6, 6.07) is 11.4. The molecule has 0 bridgehead atoms. The number of likely N-dealkylation sites (tertiary alicyclic amines) is 1. The van der Waals surface area contributed by atoms with Crippen molar-refractivity contribution in [2.45, 2.75) is 38.3 Å². The molecule has 150 valence electrons. The maximum absolute atomic E-state index is 12.0. The number of halogens is 1. The first-order valence-electron chi connectivity index (χ1n) is 9.42. The van der Waals surface area contributed by atoms with Gasteiger partial charge in [0.05, 0.1) is 20.3 Å². The lowest BCUT2D eigenvalue weighted by atomic mass is 9.91. The monoisotopic (exact) mass is 447 g/mol. The van der Waals surface area contributed by atoms with Crippen molar-refractivity contribution in [3.05, 3.63) is 57.6 Å². The maximum atomic E-state index is 12.0. The van der Waals surface area contributed by atoms with Gasteiger partial charge in [-0.05, 0) is 49.6 Å². The zero-order valence-corrected chi connectivity index (χ0v) is 18.0. The van der Waals surface area contributed by atoms with E-state index in [1.807, 2.05) is 18.2 Å². The first kappa shape index (κ1) is 20.7. The van der Waals surface area contributed by atoms with Gasteiger partial charge in [0.25, 0.3) is 0 Å². The molecular formula is C22H26BrNO4. The van der Waals surface area contributed by atoms with E-state index in [2.05, 4.69) is 46.0 Å². The lowest BCUT2D eigenvalue weighted by Crippen LogP contribution is -2.47. The van der Waals surface area contributed by atoms with E-state index >= 15 is 0 Å². The third-order valence-corrected chi connectivity index (χ3v) is 6.00. The fraction of sp³-hybridized carbons (Fsp3) is 0.409. The first-order valence-corrected chi connectivity index (χ1v) is 10.2. The summed E-state index contributed by atoms with van der Waals surface area (Å²) in [6.45, 7) is 2.78. The van der Waals surface area contributed by atoms with Crippen LogP contribution in [0.25, 0.3) is 0 Å². The summed E-state index contributed by atoms with van der Waals surface area (Å²) in [5.41, 5.74) is 3.18. The molecule has 6 heteroatoms. The standard InChI is InChI=1S/C22H26BrNO4/c1-14-7-6-8-15(11-14)21(24-10-5-4-9-18(24)22(25)26)16-12-19(27-2)20(28-3)13-17(16)23/h6-8,11-13,18,21H,4-5,9-10H2,1-3H3,(H,25,26). The second-order valence-corrected chi connectivity index (χ2v) is 7.99. The first-order chi connectivity index (χ1) is 13.5. The van der Waals surface area contributed by atoms with E-state index in [9.17, 15) is 9.90 Å². The van der Waals surface area contributed by atoms with Gasteiger partial charge in [-0.15, -0.1) is 0 Å². The van der Waals surface area contributed by atoms with Gasteiger partial charge in [-0.1, -0.05) is 52.2 Å². The van der Waals surface area contributed by atoms with Crippen molar-refractivity contribution in [2.75, 3.05) is 20.8 Å². The van der Waals surface area contributed by atoms with Gasteiger partial charge in [0.1, 0.15) is 6.04 Å². The second-order valence-electron chi connectivity index (χ2n) is 7.13.